The maximum absolute atomic E-state index is 13.3. The first-order valence-corrected chi connectivity index (χ1v) is 8.54. The van der Waals surface area contributed by atoms with Crippen molar-refractivity contribution in [2.24, 2.45) is 5.73 Å². The lowest BCUT2D eigenvalue weighted by atomic mass is 10.1. The molecule has 3 heterocycles. The van der Waals surface area contributed by atoms with Gasteiger partial charge >= 0.3 is 0 Å². The van der Waals surface area contributed by atoms with Crippen LogP contribution in [-0.4, -0.2) is 30.1 Å². The normalized spacial score (nSPS) is 11.2. The van der Waals surface area contributed by atoms with Crippen molar-refractivity contribution in [1.82, 2.24) is 24.1 Å². The fourth-order valence-electron chi connectivity index (χ4n) is 3.05. The molecule has 4 aromatic rings. The second kappa shape index (κ2) is 6.64. The summed E-state index contributed by atoms with van der Waals surface area (Å²) < 4.78 is 16.7. The number of imidazole rings is 2. The number of aromatic nitrogens is 5. The van der Waals surface area contributed by atoms with Crippen molar-refractivity contribution in [1.29, 1.82) is 0 Å². The summed E-state index contributed by atoms with van der Waals surface area (Å²) in [7, 11) is 0. The lowest BCUT2D eigenvalue weighted by Crippen LogP contribution is -2.15. The Balaban J connectivity index is 1.93. The van der Waals surface area contributed by atoms with Gasteiger partial charge in [0.25, 0.3) is 5.91 Å². The molecule has 0 aliphatic rings. The van der Waals surface area contributed by atoms with Gasteiger partial charge < -0.3 is 10.3 Å². The Bertz CT molecular complexity index is 1130. The van der Waals surface area contributed by atoms with Crippen LogP contribution in [0, 0.1) is 5.82 Å². The largest absolute Gasteiger partial charge is 0.364 e. The molecule has 0 unspecified atom stereocenters. The van der Waals surface area contributed by atoms with Crippen molar-refractivity contribution in [2.75, 3.05) is 0 Å². The number of hydrogen-bond acceptors (Lipinski definition) is 4. The lowest BCUT2D eigenvalue weighted by Gasteiger charge is -2.10. The molecule has 2 N–H and O–H groups in total. The molecule has 0 aliphatic heterocycles. The zero-order valence-electron chi connectivity index (χ0n) is 14.6. The molecule has 0 spiro atoms. The molecule has 0 atom stereocenters. The smallest absolute Gasteiger partial charge is 0.269 e. The molecule has 136 valence electrons. The van der Waals surface area contributed by atoms with Crippen LogP contribution in [-0.2, 0) is 6.54 Å². The van der Waals surface area contributed by atoms with E-state index < -0.39 is 5.91 Å². The minimum Gasteiger partial charge on any atom is -0.364 e. The summed E-state index contributed by atoms with van der Waals surface area (Å²) >= 11 is 0. The van der Waals surface area contributed by atoms with E-state index >= 15 is 0 Å². The van der Waals surface area contributed by atoms with Gasteiger partial charge in [-0.3, -0.25) is 4.79 Å². The van der Waals surface area contributed by atoms with E-state index in [4.69, 9.17) is 5.73 Å². The molecular weight excluding hydrogens is 347 g/mol. The highest BCUT2D eigenvalue weighted by molar-refractivity contribution is 5.91. The van der Waals surface area contributed by atoms with Crippen LogP contribution in [0.2, 0.25) is 0 Å². The maximum atomic E-state index is 13.3. The van der Waals surface area contributed by atoms with Gasteiger partial charge in [0.1, 0.15) is 17.2 Å². The van der Waals surface area contributed by atoms with E-state index in [2.05, 4.69) is 22.0 Å². The molecule has 3 aromatic heterocycles. The van der Waals surface area contributed by atoms with Crippen LogP contribution in [0.5, 0.6) is 0 Å². The molecule has 0 radical (unpaired) electrons. The summed E-state index contributed by atoms with van der Waals surface area (Å²) in [6.45, 7) is 2.81. The fraction of sp³-hybridized carbons (Fsp3) is 0.158. The number of amides is 1. The number of carbonyl (C=O) groups excluding carboxylic acids is 1. The van der Waals surface area contributed by atoms with Crippen LogP contribution in [0.1, 0.15) is 23.8 Å². The number of rotatable bonds is 5. The number of benzene rings is 1. The van der Waals surface area contributed by atoms with Crippen LogP contribution >= 0.6 is 0 Å². The number of aryl methyl sites for hydroxylation is 1. The van der Waals surface area contributed by atoms with E-state index in [-0.39, 0.29) is 11.5 Å². The third kappa shape index (κ3) is 2.95. The molecular formula is C19H17FN6O. The van der Waals surface area contributed by atoms with Gasteiger partial charge in [-0.25, -0.2) is 18.9 Å². The van der Waals surface area contributed by atoms with Crippen LogP contribution in [0.15, 0.2) is 48.9 Å². The van der Waals surface area contributed by atoms with E-state index in [1.807, 2.05) is 10.6 Å². The Morgan fingerprint density at radius 1 is 1.15 bits per heavy atom. The SMILES string of the molecule is CCCn1cnc(-c2ccc(F)cc2)c1-c1ccc2ncc(C(N)=O)n2n1. The number of fused-ring (bicyclic) bond motifs is 1. The van der Waals surface area contributed by atoms with Gasteiger partial charge in [-0.05, 0) is 42.8 Å². The predicted molar refractivity (Wildman–Crippen MR) is 98.4 cm³/mol. The Morgan fingerprint density at radius 3 is 2.63 bits per heavy atom. The van der Waals surface area contributed by atoms with Crippen LogP contribution < -0.4 is 5.73 Å². The molecule has 0 bridgehead atoms. The van der Waals surface area contributed by atoms with Crippen molar-refractivity contribution in [3.8, 4) is 22.6 Å². The quantitative estimate of drug-likeness (QED) is 0.589. The first-order valence-electron chi connectivity index (χ1n) is 8.54. The minimum atomic E-state index is -0.604. The van der Waals surface area contributed by atoms with Crippen molar-refractivity contribution >= 4 is 11.6 Å². The zero-order chi connectivity index (χ0) is 19.0. The molecule has 7 nitrogen and oxygen atoms in total. The van der Waals surface area contributed by atoms with Crippen LogP contribution in [0.4, 0.5) is 4.39 Å². The van der Waals surface area contributed by atoms with E-state index in [0.29, 0.717) is 17.0 Å². The first kappa shape index (κ1) is 16.9. The number of nitrogens with zero attached hydrogens (tertiary/aromatic N) is 5. The van der Waals surface area contributed by atoms with Gasteiger partial charge in [-0.15, -0.1) is 0 Å². The summed E-state index contributed by atoms with van der Waals surface area (Å²) in [4.78, 5) is 20.3. The summed E-state index contributed by atoms with van der Waals surface area (Å²) in [6, 6.07) is 9.76. The third-order valence-corrected chi connectivity index (χ3v) is 4.28. The standard InChI is InChI=1S/C19H17FN6O/c1-2-9-25-11-23-17(12-3-5-13(20)6-4-12)18(25)14-7-8-16-22-10-15(19(21)27)26(16)24-14/h3-8,10-11H,2,9H2,1H3,(H2,21,27). The Kier molecular flexibility index (Phi) is 4.15. The lowest BCUT2D eigenvalue weighted by molar-refractivity contribution is 0.0993. The van der Waals surface area contributed by atoms with Gasteiger partial charge in [0.05, 0.1) is 23.9 Å². The monoisotopic (exact) mass is 364 g/mol. The average molecular weight is 364 g/mol. The van der Waals surface area contributed by atoms with Gasteiger partial charge in [-0.2, -0.15) is 5.10 Å². The highest BCUT2D eigenvalue weighted by atomic mass is 19.1. The van der Waals surface area contributed by atoms with Crippen molar-refractivity contribution in [2.45, 2.75) is 19.9 Å². The summed E-state index contributed by atoms with van der Waals surface area (Å²) in [5.41, 5.74) is 9.02. The topological polar surface area (TPSA) is 91.1 Å². The van der Waals surface area contributed by atoms with E-state index in [0.717, 1.165) is 24.2 Å². The average Bonchev–Trinajstić information content (AvgIpc) is 3.26. The summed E-state index contributed by atoms with van der Waals surface area (Å²) in [5.74, 6) is -0.912. The molecule has 0 aliphatic carbocycles. The van der Waals surface area contributed by atoms with Crippen molar-refractivity contribution in [3.63, 3.8) is 0 Å². The van der Waals surface area contributed by atoms with Gasteiger partial charge in [0.2, 0.25) is 0 Å². The molecule has 0 fully saturated rings. The van der Waals surface area contributed by atoms with E-state index in [1.165, 1.54) is 22.8 Å². The maximum Gasteiger partial charge on any atom is 0.269 e. The summed E-state index contributed by atoms with van der Waals surface area (Å²) in [6.07, 6.45) is 4.05. The Morgan fingerprint density at radius 2 is 1.93 bits per heavy atom. The van der Waals surface area contributed by atoms with E-state index in [9.17, 15) is 9.18 Å². The molecule has 0 saturated heterocycles. The van der Waals surface area contributed by atoms with Gasteiger partial charge in [-0.1, -0.05) is 6.92 Å². The van der Waals surface area contributed by atoms with Gasteiger partial charge in [0, 0.05) is 12.1 Å². The highest BCUT2D eigenvalue weighted by Gasteiger charge is 2.18. The predicted octanol–water partition coefficient (Wildman–Crippen LogP) is 2.91. The zero-order valence-corrected chi connectivity index (χ0v) is 14.6. The molecule has 1 amide bonds. The van der Waals surface area contributed by atoms with Crippen LogP contribution in [0.25, 0.3) is 28.3 Å². The Labute approximate surface area is 154 Å². The highest BCUT2D eigenvalue weighted by Crippen LogP contribution is 2.30. The second-order valence-electron chi connectivity index (χ2n) is 6.14. The number of carbonyl (C=O) groups is 1. The molecule has 27 heavy (non-hydrogen) atoms. The van der Waals surface area contributed by atoms with Gasteiger partial charge in [0.15, 0.2) is 5.65 Å². The third-order valence-electron chi connectivity index (χ3n) is 4.28. The minimum absolute atomic E-state index is 0.205. The molecule has 1 aromatic carbocycles. The Hall–Kier alpha value is -3.55. The number of halogens is 1. The number of primary amides is 1. The molecule has 0 saturated carbocycles. The van der Waals surface area contributed by atoms with Crippen molar-refractivity contribution < 1.29 is 9.18 Å². The molecule has 4 rings (SSSR count). The first-order chi connectivity index (χ1) is 13.1. The van der Waals surface area contributed by atoms with Crippen molar-refractivity contribution in [3.05, 3.63) is 60.4 Å². The second-order valence-corrected chi connectivity index (χ2v) is 6.14. The summed E-state index contributed by atoms with van der Waals surface area (Å²) in [5, 5.41) is 4.56. The number of hydrogen-bond donors (Lipinski definition) is 1. The van der Waals surface area contributed by atoms with Crippen LogP contribution in [0.3, 0.4) is 0 Å². The fourth-order valence-corrected chi connectivity index (χ4v) is 3.05. The molecule has 8 heteroatoms. The number of nitrogens with two attached hydrogens (primary N) is 1. The van der Waals surface area contributed by atoms with E-state index in [1.54, 1.807) is 24.5 Å².